The second kappa shape index (κ2) is 8.03. The van der Waals surface area contributed by atoms with Crippen LogP contribution in [0.4, 0.5) is 0 Å². The minimum Gasteiger partial charge on any atom is -0.497 e. The number of methoxy groups -OCH3 is 1. The number of ketones is 1. The maximum atomic E-state index is 12.7. The number of nitrogens with two attached hydrogens (primary N) is 1. The number of rotatable bonds is 6. The van der Waals surface area contributed by atoms with Crippen molar-refractivity contribution >= 4 is 17.4 Å². The smallest absolute Gasteiger partial charge is 0.267 e. The normalized spacial score (nSPS) is 14.6. The first-order chi connectivity index (χ1) is 13.0. The molecule has 6 nitrogen and oxygen atoms in total. The van der Waals surface area contributed by atoms with E-state index in [1.54, 1.807) is 25.4 Å². The Hall–Kier alpha value is -3.15. The molecule has 0 saturated carbocycles. The van der Waals surface area contributed by atoms with Crippen molar-refractivity contribution in [2.75, 3.05) is 20.2 Å². The van der Waals surface area contributed by atoms with Crippen molar-refractivity contribution in [1.29, 1.82) is 0 Å². The number of Topliss-reactive ketones (excluding diaryl/α,β-unsaturated/α-hetero) is 1. The zero-order valence-electron chi connectivity index (χ0n) is 15.4. The number of primary amides is 1. The van der Waals surface area contributed by atoms with Crippen LogP contribution >= 0.6 is 0 Å². The molecule has 1 amide bonds. The van der Waals surface area contributed by atoms with Crippen molar-refractivity contribution in [3.05, 3.63) is 66.0 Å². The predicted molar refractivity (Wildman–Crippen MR) is 103 cm³/mol. The fourth-order valence-electron chi connectivity index (χ4n) is 3.30. The lowest BCUT2D eigenvalue weighted by Gasteiger charge is -2.34. The number of hydrogen-bond acceptors (Lipinski definition) is 5. The molecule has 1 aliphatic rings. The summed E-state index contributed by atoms with van der Waals surface area (Å²) in [5.41, 5.74) is 7.86. The molecule has 0 radical (unpaired) electrons. The van der Waals surface area contributed by atoms with E-state index in [4.69, 9.17) is 10.5 Å². The lowest BCUT2D eigenvalue weighted by molar-refractivity contribution is 0.0869. The Labute approximate surface area is 158 Å². The van der Waals surface area contributed by atoms with Gasteiger partial charge in [-0.3, -0.25) is 14.6 Å². The summed E-state index contributed by atoms with van der Waals surface area (Å²) in [4.78, 5) is 30.1. The third-order valence-corrected chi connectivity index (χ3v) is 4.97. The summed E-state index contributed by atoms with van der Waals surface area (Å²) in [5, 5.41) is 0. The number of carbonyl (C=O) groups is 2. The number of nitrogens with zero attached hydrogens (tertiary/aromatic N) is 2. The fraction of sp³-hybridized carbons (Fsp3) is 0.286. The van der Waals surface area contributed by atoms with Crippen LogP contribution in [0.25, 0.3) is 5.70 Å². The van der Waals surface area contributed by atoms with Crippen LogP contribution in [0.1, 0.15) is 39.3 Å². The minimum atomic E-state index is -0.551. The fourth-order valence-corrected chi connectivity index (χ4v) is 3.30. The summed E-state index contributed by atoms with van der Waals surface area (Å²) in [6, 6.07) is 10.7. The highest BCUT2D eigenvalue weighted by Gasteiger charge is 2.26. The molecular weight excluding hydrogens is 342 g/mol. The third kappa shape index (κ3) is 4.16. The van der Waals surface area contributed by atoms with Crippen LogP contribution in [-0.2, 0) is 0 Å². The van der Waals surface area contributed by atoms with Gasteiger partial charge in [-0.25, -0.2) is 0 Å². The Morgan fingerprint density at radius 3 is 2.26 bits per heavy atom. The summed E-state index contributed by atoms with van der Waals surface area (Å²) in [5.74, 6) is 0.381. The first-order valence-electron chi connectivity index (χ1n) is 8.88. The molecule has 0 unspecified atom stereocenters. The molecule has 1 aromatic carbocycles. The highest BCUT2D eigenvalue weighted by molar-refractivity contribution is 5.98. The van der Waals surface area contributed by atoms with Crippen molar-refractivity contribution in [2.45, 2.75) is 12.8 Å². The number of amides is 1. The monoisotopic (exact) mass is 365 g/mol. The molecule has 0 spiro atoms. The number of benzene rings is 1. The van der Waals surface area contributed by atoms with Crippen LogP contribution < -0.4 is 10.5 Å². The molecule has 1 aromatic heterocycles. The van der Waals surface area contributed by atoms with Crippen LogP contribution in [-0.4, -0.2) is 41.8 Å². The van der Waals surface area contributed by atoms with Gasteiger partial charge in [0.15, 0.2) is 5.78 Å². The van der Waals surface area contributed by atoms with Gasteiger partial charge in [-0.2, -0.15) is 0 Å². The second-order valence-electron chi connectivity index (χ2n) is 6.60. The van der Waals surface area contributed by atoms with Gasteiger partial charge in [-0.05, 0) is 49.2 Å². The zero-order chi connectivity index (χ0) is 19.4. The number of piperidine rings is 1. The Bertz CT molecular complexity index is 836. The van der Waals surface area contributed by atoms with Gasteiger partial charge in [-0.15, -0.1) is 0 Å². The quantitative estimate of drug-likeness (QED) is 0.796. The Balaban J connectivity index is 1.59. The lowest BCUT2D eigenvalue weighted by atomic mass is 9.88. The Morgan fingerprint density at radius 2 is 1.74 bits per heavy atom. The van der Waals surface area contributed by atoms with Crippen LogP contribution in [0.15, 0.2) is 49.2 Å². The van der Waals surface area contributed by atoms with Crippen molar-refractivity contribution in [3.8, 4) is 5.75 Å². The van der Waals surface area contributed by atoms with Crippen LogP contribution in [0.3, 0.4) is 0 Å². The molecule has 2 heterocycles. The molecule has 3 rings (SSSR count). The van der Waals surface area contributed by atoms with Crippen molar-refractivity contribution < 1.29 is 14.3 Å². The molecule has 27 heavy (non-hydrogen) atoms. The molecule has 2 aromatic rings. The lowest BCUT2D eigenvalue weighted by Crippen LogP contribution is -2.35. The third-order valence-electron chi connectivity index (χ3n) is 4.97. The van der Waals surface area contributed by atoms with Gasteiger partial charge < -0.3 is 15.4 Å². The number of carbonyl (C=O) groups excluding carboxylic acids is 2. The minimum absolute atomic E-state index is 0.0119. The number of ether oxygens (including phenoxy) is 1. The summed E-state index contributed by atoms with van der Waals surface area (Å²) >= 11 is 0. The summed E-state index contributed by atoms with van der Waals surface area (Å²) in [6.45, 7) is 5.65. The average Bonchev–Trinajstić information content (AvgIpc) is 2.73. The summed E-state index contributed by atoms with van der Waals surface area (Å²) in [6.07, 6.45) is 3.16. The molecule has 6 heteroatoms. The van der Waals surface area contributed by atoms with E-state index in [-0.39, 0.29) is 17.4 Å². The van der Waals surface area contributed by atoms with Crippen LogP contribution in [0.5, 0.6) is 5.75 Å². The SMILES string of the molecule is C=C(c1ccc(C(N)=O)nc1)N1CCC(C(=O)c2ccc(OC)cc2)CC1. The second-order valence-corrected chi connectivity index (χ2v) is 6.60. The molecule has 0 aliphatic carbocycles. The molecular formula is C21H23N3O3. The highest BCUT2D eigenvalue weighted by atomic mass is 16.5. The van der Waals surface area contributed by atoms with E-state index in [9.17, 15) is 9.59 Å². The molecule has 1 fully saturated rings. The van der Waals surface area contributed by atoms with E-state index >= 15 is 0 Å². The average molecular weight is 365 g/mol. The van der Waals surface area contributed by atoms with Crippen LogP contribution in [0.2, 0.25) is 0 Å². The van der Waals surface area contributed by atoms with E-state index in [2.05, 4.69) is 16.5 Å². The number of pyridine rings is 1. The van der Waals surface area contributed by atoms with Gasteiger partial charge in [0.25, 0.3) is 5.91 Å². The van der Waals surface area contributed by atoms with Gasteiger partial charge in [0.1, 0.15) is 11.4 Å². The molecule has 2 N–H and O–H groups in total. The first kappa shape index (κ1) is 18.6. The standard InChI is InChI=1S/C21H23N3O3/c1-14(17-5-8-19(21(22)26)23-13-17)24-11-9-16(10-12-24)20(25)15-3-6-18(27-2)7-4-15/h3-8,13,16H,1,9-12H2,2H3,(H2,22,26). The largest absolute Gasteiger partial charge is 0.497 e. The molecule has 1 aliphatic heterocycles. The van der Waals surface area contributed by atoms with E-state index in [1.165, 1.54) is 0 Å². The van der Waals surface area contributed by atoms with Gasteiger partial charge in [0, 0.05) is 42.0 Å². The van der Waals surface area contributed by atoms with Crippen molar-refractivity contribution in [1.82, 2.24) is 9.88 Å². The Kier molecular flexibility index (Phi) is 5.54. The maximum Gasteiger partial charge on any atom is 0.267 e. The predicted octanol–water partition coefficient (Wildman–Crippen LogP) is 2.75. The first-order valence-corrected chi connectivity index (χ1v) is 8.88. The topological polar surface area (TPSA) is 85.5 Å². The van der Waals surface area contributed by atoms with E-state index in [0.29, 0.717) is 0 Å². The van der Waals surface area contributed by atoms with E-state index < -0.39 is 5.91 Å². The summed E-state index contributed by atoms with van der Waals surface area (Å²) < 4.78 is 5.14. The van der Waals surface area contributed by atoms with E-state index in [1.807, 2.05) is 24.3 Å². The molecule has 0 bridgehead atoms. The molecule has 140 valence electrons. The molecule has 1 saturated heterocycles. The van der Waals surface area contributed by atoms with E-state index in [0.717, 1.165) is 48.5 Å². The zero-order valence-corrected chi connectivity index (χ0v) is 15.4. The Morgan fingerprint density at radius 1 is 1.11 bits per heavy atom. The van der Waals surface area contributed by atoms with Gasteiger partial charge in [0.05, 0.1) is 7.11 Å². The van der Waals surface area contributed by atoms with Crippen LogP contribution in [0, 0.1) is 5.92 Å². The highest BCUT2D eigenvalue weighted by Crippen LogP contribution is 2.27. The summed E-state index contributed by atoms with van der Waals surface area (Å²) in [7, 11) is 1.61. The number of likely N-dealkylation sites (tertiary alicyclic amines) is 1. The van der Waals surface area contributed by atoms with Crippen molar-refractivity contribution in [2.24, 2.45) is 11.7 Å². The number of hydrogen-bond donors (Lipinski definition) is 1. The number of aromatic nitrogens is 1. The van der Waals surface area contributed by atoms with Gasteiger partial charge >= 0.3 is 0 Å². The maximum absolute atomic E-state index is 12.7. The van der Waals surface area contributed by atoms with Gasteiger partial charge in [-0.1, -0.05) is 6.58 Å². The van der Waals surface area contributed by atoms with Crippen molar-refractivity contribution in [3.63, 3.8) is 0 Å². The van der Waals surface area contributed by atoms with Gasteiger partial charge in [0.2, 0.25) is 0 Å². The molecule has 0 atom stereocenters.